The van der Waals surface area contributed by atoms with E-state index in [0.717, 1.165) is 17.9 Å². The van der Waals surface area contributed by atoms with E-state index in [9.17, 15) is 4.79 Å². The highest BCUT2D eigenvalue weighted by atomic mass is 16.1. The molecule has 0 aromatic carbocycles. The molecule has 0 spiro atoms. The molecule has 0 fully saturated rings. The lowest BCUT2D eigenvalue weighted by atomic mass is 10.3. The Hall–Kier alpha value is -1.65. The lowest BCUT2D eigenvalue weighted by molar-refractivity contribution is -0.121. The Morgan fingerprint density at radius 2 is 2.12 bits per heavy atom. The molecule has 1 amide bonds. The third-order valence-electron chi connectivity index (χ3n) is 2.27. The van der Waals surface area contributed by atoms with E-state index in [1.54, 1.807) is 0 Å². The van der Waals surface area contributed by atoms with Crippen molar-refractivity contribution in [1.82, 2.24) is 15.3 Å². The molecule has 0 saturated heterocycles. The number of anilines is 1. The summed E-state index contributed by atoms with van der Waals surface area (Å²) in [4.78, 5) is 21.9. The number of nitrogens with zero attached hydrogens (tertiary/aromatic N) is 3. The summed E-state index contributed by atoms with van der Waals surface area (Å²) in [6, 6.07) is 1.91. The van der Waals surface area contributed by atoms with Crippen LogP contribution in [-0.4, -0.2) is 30.0 Å². The number of hydrogen-bond acceptors (Lipinski definition) is 4. The summed E-state index contributed by atoms with van der Waals surface area (Å²) in [7, 11) is 3.86. The summed E-state index contributed by atoms with van der Waals surface area (Å²) >= 11 is 0. The molecule has 0 aliphatic rings. The second-order valence-corrected chi connectivity index (χ2v) is 4.20. The second-order valence-electron chi connectivity index (χ2n) is 4.20. The first-order valence-electron chi connectivity index (χ1n) is 5.81. The van der Waals surface area contributed by atoms with E-state index in [1.165, 1.54) is 0 Å². The predicted molar refractivity (Wildman–Crippen MR) is 67.9 cm³/mol. The average Bonchev–Trinajstić information content (AvgIpc) is 2.26. The molecule has 17 heavy (non-hydrogen) atoms. The topological polar surface area (TPSA) is 58.1 Å². The lowest BCUT2D eigenvalue weighted by Gasteiger charge is -2.13. The molecule has 1 aromatic heterocycles. The number of aryl methyl sites for hydroxylation is 1. The molecule has 1 heterocycles. The summed E-state index contributed by atoms with van der Waals surface area (Å²) in [5, 5.41) is 2.81. The Balaban J connectivity index is 2.68. The quantitative estimate of drug-likeness (QED) is 0.836. The Bertz CT molecular complexity index is 390. The fraction of sp³-hybridized carbons (Fsp3) is 0.583. The normalized spacial score (nSPS) is 10.1. The molecule has 0 aliphatic heterocycles. The highest BCUT2D eigenvalue weighted by Gasteiger charge is 2.05. The molecule has 5 nitrogen and oxygen atoms in total. The van der Waals surface area contributed by atoms with E-state index in [1.807, 2.05) is 38.9 Å². The van der Waals surface area contributed by atoms with Crippen molar-refractivity contribution in [2.45, 2.75) is 33.2 Å². The monoisotopic (exact) mass is 236 g/mol. The van der Waals surface area contributed by atoms with Gasteiger partial charge in [-0.2, -0.15) is 0 Å². The molecule has 1 rings (SSSR count). The van der Waals surface area contributed by atoms with Gasteiger partial charge in [0.1, 0.15) is 11.6 Å². The summed E-state index contributed by atoms with van der Waals surface area (Å²) in [5.74, 6) is 1.56. The maximum absolute atomic E-state index is 11.3. The van der Waals surface area contributed by atoms with Crippen LogP contribution in [0.3, 0.4) is 0 Å². The Kier molecular flexibility index (Phi) is 4.87. The van der Waals surface area contributed by atoms with Crippen molar-refractivity contribution in [3.63, 3.8) is 0 Å². The van der Waals surface area contributed by atoms with E-state index in [4.69, 9.17) is 0 Å². The van der Waals surface area contributed by atoms with Crippen LogP contribution in [0.1, 0.15) is 31.3 Å². The molecule has 0 unspecified atom stereocenters. The van der Waals surface area contributed by atoms with Crippen molar-refractivity contribution >= 4 is 11.7 Å². The Labute approximate surface area is 102 Å². The molecule has 0 radical (unpaired) electrons. The van der Waals surface area contributed by atoms with Crippen molar-refractivity contribution in [3.05, 3.63) is 17.6 Å². The number of carbonyl (C=O) groups excluding carboxylic acids is 1. The Morgan fingerprint density at radius 3 is 2.71 bits per heavy atom. The number of nitrogens with one attached hydrogen (secondary N) is 1. The van der Waals surface area contributed by atoms with Crippen LogP contribution in [0.4, 0.5) is 5.82 Å². The molecular weight excluding hydrogens is 216 g/mol. The first-order chi connectivity index (χ1) is 8.02. The van der Waals surface area contributed by atoms with Gasteiger partial charge >= 0.3 is 0 Å². The number of hydrogen-bond donors (Lipinski definition) is 1. The van der Waals surface area contributed by atoms with E-state index in [2.05, 4.69) is 15.3 Å². The molecule has 1 aromatic rings. The van der Waals surface area contributed by atoms with Gasteiger partial charge in [-0.25, -0.2) is 9.97 Å². The fourth-order valence-corrected chi connectivity index (χ4v) is 1.41. The van der Waals surface area contributed by atoms with Gasteiger partial charge in [0.25, 0.3) is 0 Å². The SMILES string of the molecule is CCCC(=O)NCc1nc(C)cc(N(C)C)n1. The fourth-order valence-electron chi connectivity index (χ4n) is 1.41. The number of carbonyl (C=O) groups is 1. The molecule has 1 N–H and O–H groups in total. The maximum atomic E-state index is 11.3. The average molecular weight is 236 g/mol. The van der Waals surface area contributed by atoms with E-state index in [-0.39, 0.29) is 5.91 Å². The van der Waals surface area contributed by atoms with Gasteiger partial charge in [-0.1, -0.05) is 6.92 Å². The first-order valence-corrected chi connectivity index (χ1v) is 5.81. The van der Waals surface area contributed by atoms with Crippen molar-refractivity contribution in [1.29, 1.82) is 0 Å². The summed E-state index contributed by atoms with van der Waals surface area (Å²) in [6.45, 7) is 4.29. The van der Waals surface area contributed by atoms with Gasteiger partial charge in [0.05, 0.1) is 6.54 Å². The van der Waals surface area contributed by atoms with Crippen LogP contribution < -0.4 is 10.2 Å². The standard InChI is InChI=1S/C12H20N4O/c1-5-6-12(17)13-8-10-14-9(2)7-11(15-10)16(3)4/h7H,5-6,8H2,1-4H3,(H,13,17). The van der Waals surface area contributed by atoms with Gasteiger partial charge in [0, 0.05) is 32.3 Å². The molecule has 0 saturated carbocycles. The number of aromatic nitrogens is 2. The van der Waals surface area contributed by atoms with Gasteiger partial charge in [-0.15, -0.1) is 0 Å². The van der Waals surface area contributed by atoms with Gasteiger partial charge < -0.3 is 10.2 Å². The van der Waals surface area contributed by atoms with Crippen LogP contribution in [0.5, 0.6) is 0 Å². The molecular formula is C12H20N4O. The third kappa shape index (κ3) is 4.38. The number of amides is 1. The maximum Gasteiger partial charge on any atom is 0.220 e. The van der Waals surface area contributed by atoms with Crippen molar-refractivity contribution in [2.24, 2.45) is 0 Å². The minimum Gasteiger partial charge on any atom is -0.363 e. The van der Waals surface area contributed by atoms with Gasteiger partial charge in [0.2, 0.25) is 5.91 Å². The van der Waals surface area contributed by atoms with Crippen LogP contribution >= 0.6 is 0 Å². The van der Waals surface area contributed by atoms with E-state index < -0.39 is 0 Å². The minimum atomic E-state index is 0.0454. The Morgan fingerprint density at radius 1 is 1.41 bits per heavy atom. The third-order valence-corrected chi connectivity index (χ3v) is 2.27. The zero-order valence-corrected chi connectivity index (χ0v) is 10.9. The van der Waals surface area contributed by atoms with Crippen molar-refractivity contribution in [2.75, 3.05) is 19.0 Å². The summed E-state index contributed by atoms with van der Waals surface area (Å²) in [6.07, 6.45) is 1.40. The smallest absolute Gasteiger partial charge is 0.220 e. The zero-order chi connectivity index (χ0) is 12.8. The van der Waals surface area contributed by atoms with Crippen LogP contribution in [-0.2, 0) is 11.3 Å². The van der Waals surface area contributed by atoms with E-state index in [0.29, 0.717) is 18.8 Å². The summed E-state index contributed by atoms with van der Waals surface area (Å²) < 4.78 is 0. The number of rotatable bonds is 5. The molecule has 0 atom stereocenters. The van der Waals surface area contributed by atoms with Crippen LogP contribution in [0.15, 0.2) is 6.07 Å². The predicted octanol–water partition coefficient (Wildman–Crippen LogP) is 1.27. The van der Waals surface area contributed by atoms with Crippen LogP contribution in [0.2, 0.25) is 0 Å². The van der Waals surface area contributed by atoms with Crippen LogP contribution in [0, 0.1) is 6.92 Å². The minimum absolute atomic E-state index is 0.0454. The zero-order valence-electron chi connectivity index (χ0n) is 10.9. The van der Waals surface area contributed by atoms with Crippen molar-refractivity contribution in [3.8, 4) is 0 Å². The van der Waals surface area contributed by atoms with Gasteiger partial charge in [0.15, 0.2) is 0 Å². The van der Waals surface area contributed by atoms with E-state index >= 15 is 0 Å². The molecule has 94 valence electrons. The largest absolute Gasteiger partial charge is 0.363 e. The van der Waals surface area contributed by atoms with Gasteiger partial charge in [-0.05, 0) is 13.3 Å². The second kappa shape index (κ2) is 6.18. The molecule has 5 heteroatoms. The highest BCUT2D eigenvalue weighted by Crippen LogP contribution is 2.08. The lowest BCUT2D eigenvalue weighted by Crippen LogP contribution is -2.24. The van der Waals surface area contributed by atoms with Gasteiger partial charge in [-0.3, -0.25) is 4.79 Å². The van der Waals surface area contributed by atoms with Crippen molar-refractivity contribution < 1.29 is 4.79 Å². The highest BCUT2D eigenvalue weighted by molar-refractivity contribution is 5.75. The summed E-state index contributed by atoms with van der Waals surface area (Å²) in [5.41, 5.74) is 0.906. The molecule has 0 aliphatic carbocycles. The molecule has 0 bridgehead atoms. The first kappa shape index (κ1) is 13.4. The van der Waals surface area contributed by atoms with Crippen LogP contribution in [0.25, 0.3) is 0 Å².